The normalized spacial score (nSPS) is 19.6. The molecule has 0 amide bonds. The number of hydrogen-bond donors (Lipinski definition) is 0. The number of rotatable bonds is 7. The predicted molar refractivity (Wildman–Crippen MR) is 120 cm³/mol. The van der Waals surface area contributed by atoms with E-state index < -0.39 is 18.0 Å². The molecule has 6 nitrogen and oxygen atoms in total. The molecule has 2 aliphatic heterocycles. The van der Waals surface area contributed by atoms with Gasteiger partial charge in [-0.15, -0.1) is 0 Å². The van der Waals surface area contributed by atoms with Gasteiger partial charge in [-0.1, -0.05) is 0 Å². The fraction of sp³-hybridized carbons (Fsp3) is 0.308. The number of esters is 1. The molecule has 0 bridgehead atoms. The van der Waals surface area contributed by atoms with E-state index in [1.54, 1.807) is 0 Å². The quantitative estimate of drug-likeness (QED) is 0.288. The van der Waals surface area contributed by atoms with Crippen molar-refractivity contribution < 1.29 is 49.7 Å². The topological polar surface area (TPSA) is 71.1 Å². The number of hydrogen-bond acceptors (Lipinski definition) is 6. The van der Waals surface area contributed by atoms with Crippen molar-refractivity contribution in [1.29, 1.82) is 0 Å². The van der Waals surface area contributed by atoms with E-state index in [1.165, 1.54) is 7.11 Å². The Morgan fingerprint density at radius 2 is 1.91 bits per heavy atom. The van der Waals surface area contributed by atoms with Crippen LogP contribution >= 0.6 is 0 Å². The van der Waals surface area contributed by atoms with Crippen molar-refractivity contribution in [1.82, 2.24) is 0 Å². The SMILES string of the molecule is C/C=C(/C1=C(C(=O)OC)C(C(=O)C[I-]C)C(c2ccc3c(c2)OCO3)O1)c1ccccc1C. The summed E-state index contributed by atoms with van der Waals surface area (Å²) < 4.78 is 23.1. The number of aryl methyl sites for hydroxylation is 1. The van der Waals surface area contributed by atoms with E-state index in [4.69, 9.17) is 18.9 Å². The molecule has 2 unspecified atom stereocenters. The van der Waals surface area contributed by atoms with Crippen LogP contribution in [0.5, 0.6) is 11.5 Å². The summed E-state index contributed by atoms with van der Waals surface area (Å²) in [5.41, 5.74) is 3.78. The predicted octanol–water partition coefficient (Wildman–Crippen LogP) is 1.23. The molecule has 0 aliphatic carbocycles. The number of alkyl halides is 2. The summed E-state index contributed by atoms with van der Waals surface area (Å²) in [5.74, 6) is 0.329. The zero-order chi connectivity index (χ0) is 23.5. The van der Waals surface area contributed by atoms with Gasteiger partial charge in [-0.3, -0.25) is 0 Å². The maximum absolute atomic E-state index is 13.4. The summed E-state index contributed by atoms with van der Waals surface area (Å²) in [6, 6.07) is 13.4. The molecule has 4 rings (SSSR count). The molecular weight excluding hydrogens is 535 g/mol. The number of benzene rings is 2. The van der Waals surface area contributed by atoms with Crippen molar-refractivity contribution >= 4 is 17.3 Å². The number of fused-ring (bicyclic) bond motifs is 1. The van der Waals surface area contributed by atoms with Gasteiger partial charge in [0.15, 0.2) is 0 Å². The zero-order valence-electron chi connectivity index (χ0n) is 19.0. The monoisotopic (exact) mass is 561 g/mol. The van der Waals surface area contributed by atoms with Crippen LogP contribution in [0.15, 0.2) is 59.9 Å². The first-order valence-electron chi connectivity index (χ1n) is 10.6. The number of carbonyl (C=O) groups excluding carboxylic acids is 2. The number of ether oxygens (including phenoxy) is 4. The van der Waals surface area contributed by atoms with Crippen LogP contribution in [-0.2, 0) is 19.1 Å². The van der Waals surface area contributed by atoms with Gasteiger partial charge in [0.05, 0.1) is 0 Å². The first kappa shape index (κ1) is 23.4. The fourth-order valence-corrected chi connectivity index (χ4v) is 5.49. The van der Waals surface area contributed by atoms with Gasteiger partial charge in [-0.25, -0.2) is 0 Å². The Morgan fingerprint density at radius 3 is 2.61 bits per heavy atom. The average Bonchev–Trinajstić information content (AvgIpc) is 3.45. The fourth-order valence-electron chi connectivity index (χ4n) is 4.27. The van der Waals surface area contributed by atoms with E-state index in [9.17, 15) is 9.59 Å². The third-order valence-corrected chi connectivity index (χ3v) is 7.33. The van der Waals surface area contributed by atoms with Gasteiger partial charge in [0.2, 0.25) is 0 Å². The number of allylic oxidation sites excluding steroid dienone is 2. The molecule has 2 aliphatic rings. The number of methoxy groups -OCH3 is 1. The summed E-state index contributed by atoms with van der Waals surface area (Å²) in [6.07, 6.45) is 1.25. The third-order valence-electron chi connectivity index (χ3n) is 5.81. The number of ketones is 1. The summed E-state index contributed by atoms with van der Waals surface area (Å²) in [7, 11) is 1.33. The van der Waals surface area contributed by atoms with Crippen LogP contribution in [0.3, 0.4) is 0 Å². The van der Waals surface area contributed by atoms with E-state index in [1.807, 2.05) is 62.4 Å². The van der Waals surface area contributed by atoms with Crippen molar-refractivity contribution in [2.75, 3.05) is 23.3 Å². The molecular formula is C26H26IO6-. The summed E-state index contributed by atoms with van der Waals surface area (Å²) >= 11 is -0.312. The van der Waals surface area contributed by atoms with E-state index in [2.05, 4.69) is 4.93 Å². The molecule has 0 spiro atoms. The Morgan fingerprint density at radius 1 is 1.15 bits per heavy atom. The molecule has 2 aromatic rings. The third kappa shape index (κ3) is 4.38. The van der Waals surface area contributed by atoms with Crippen LogP contribution in [0.25, 0.3) is 5.57 Å². The van der Waals surface area contributed by atoms with Crippen LogP contribution in [0.1, 0.15) is 29.7 Å². The van der Waals surface area contributed by atoms with Gasteiger partial charge in [0.1, 0.15) is 0 Å². The molecule has 0 N–H and O–H groups in total. The number of halogens is 1. The van der Waals surface area contributed by atoms with Gasteiger partial charge in [-0.2, -0.15) is 0 Å². The second-order valence-corrected chi connectivity index (χ2v) is 10.0. The maximum atomic E-state index is 13.4. The van der Waals surface area contributed by atoms with Crippen LogP contribution in [0.2, 0.25) is 0 Å². The molecule has 0 saturated carbocycles. The standard InChI is InChI=1S/C26H26IO6/c1-5-17(18-9-7-6-8-15(18)2)25-23(26(29)30-4)22(19(28)13-27-3)24(33-25)16-10-11-20-21(12-16)32-14-31-20/h5-12,22,24H,13-14H2,1-4H3/q-1/b17-5+. The summed E-state index contributed by atoms with van der Waals surface area (Å²) in [6.45, 7) is 4.06. The molecule has 2 atom stereocenters. The Labute approximate surface area is 203 Å². The van der Waals surface area contributed by atoms with Crippen molar-refractivity contribution in [2.45, 2.75) is 20.0 Å². The van der Waals surface area contributed by atoms with E-state index in [-0.39, 0.29) is 39.4 Å². The first-order chi connectivity index (χ1) is 16.0. The van der Waals surface area contributed by atoms with Crippen molar-refractivity contribution in [3.8, 4) is 11.5 Å². The Kier molecular flexibility index (Phi) is 7.07. The molecule has 0 saturated heterocycles. The van der Waals surface area contributed by atoms with E-state index in [0.717, 1.165) is 22.3 Å². The molecule has 0 radical (unpaired) electrons. The minimum absolute atomic E-state index is 0.0106. The molecule has 33 heavy (non-hydrogen) atoms. The van der Waals surface area contributed by atoms with Crippen LogP contribution in [0, 0.1) is 12.8 Å². The molecule has 7 heteroatoms. The van der Waals surface area contributed by atoms with Crippen LogP contribution in [-0.4, -0.2) is 35.0 Å². The molecule has 2 heterocycles. The van der Waals surface area contributed by atoms with E-state index in [0.29, 0.717) is 21.7 Å². The summed E-state index contributed by atoms with van der Waals surface area (Å²) in [5, 5.41) is 0. The van der Waals surface area contributed by atoms with Crippen molar-refractivity contribution in [3.63, 3.8) is 0 Å². The van der Waals surface area contributed by atoms with E-state index >= 15 is 0 Å². The van der Waals surface area contributed by atoms with Gasteiger partial charge < -0.3 is 0 Å². The Hall–Kier alpha value is -2.81. The van der Waals surface area contributed by atoms with Crippen LogP contribution < -0.4 is 30.7 Å². The Bertz CT molecular complexity index is 1150. The molecule has 174 valence electrons. The first-order valence-corrected chi connectivity index (χ1v) is 14.3. The number of carbonyl (C=O) groups is 2. The summed E-state index contributed by atoms with van der Waals surface area (Å²) in [4.78, 5) is 28.5. The van der Waals surface area contributed by atoms with Gasteiger partial charge >= 0.3 is 204 Å². The Balaban J connectivity index is 1.87. The zero-order valence-corrected chi connectivity index (χ0v) is 21.2. The second-order valence-electron chi connectivity index (χ2n) is 7.75. The number of Topliss-reactive ketones (excluding diaryl/α,β-unsaturated/α-hetero) is 1. The molecule has 0 fully saturated rings. The molecule has 2 aromatic carbocycles. The average molecular weight is 561 g/mol. The van der Waals surface area contributed by atoms with Crippen LogP contribution in [0.4, 0.5) is 0 Å². The second kappa shape index (κ2) is 9.99. The van der Waals surface area contributed by atoms with Crippen molar-refractivity contribution in [2.24, 2.45) is 5.92 Å². The van der Waals surface area contributed by atoms with Crippen molar-refractivity contribution in [3.05, 3.63) is 76.6 Å². The van der Waals surface area contributed by atoms with Gasteiger partial charge in [0, 0.05) is 0 Å². The molecule has 0 aromatic heterocycles. The van der Waals surface area contributed by atoms with Gasteiger partial charge in [0.25, 0.3) is 0 Å². The van der Waals surface area contributed by atoms with Gasteiger partial charge in [-0.05, 0) is 0 Å². The minimum atomic E-state index is -0.758.